The summed E-state index contributed by atoms with van der Waals surface area (Å²) in [6.07, 6.45) is 0. The number of halogens is 1. The van der Waals surface area contributed by atoms with E-state index in [1.807, 2.05) is 13.8 Å². The lowest BCUT2D eigenvalue weighted by Crippen LogP contribution is -2.30. The molecule has 1 aromatic heterocycles. The van der Waals surface area contributed by atoms with Crippen molar-refractivity contribution in [1.82, 2.24) is 10.5 Å². The molecule has 0 bridgehead atoms. The second-order valence-electron chi connectivity index (χ2n) is 3.43. The molecule has 0 aliphatic carbocycles. The Hall–Kier alpha value is -0.720. The number of rotatable bonds is 6. The topological polar surface area (TPSA) is 81.2 Å². The first kappa shape index (κ1) is 16.3. The van der Waals surface area contributed by atoms with Crippen molar-refractivity contribution in [3.63, 3.8) is 0 Å². The van der Waals surface area contributed by atoms with E-state index < -0.39 is 0 Å². The van der Waals surface area contributed by atoms with E-state index in [1.165, 1.54) is 0 Å². The van der Waals surface area contributed by atoms with Crippen LogP contribution in [0.3, 0.4) is 0 Å². The molecule has 0 aliphatic heterocycles. The van der Waals surface area contributed by atoms with Crippen LogP contribution in [0.25, 0.3) is 0 Å². The van der Waals surface area contributed by atoms with Crippen molar-refractivity contribution in [1.29, 1.82) is 0 Å². The molecule has 3 N–H and O–H groups in total. The van der Waals surface area contributed by atoms with Gasteiger partial charge in [-0.2, -0.15) is 0 Å². The summed E-state index contributed by atoms with van der Waals surface area (Å²) in [4.78, 5) is 11.3. The number of aromatic nitrogens is 1. The first-order valence-electron chi connectivity index (χ1n) is 5.11. The quantitative estimate of drug-likeness (QED) is 0.813. The average Bonchev–Trinajstić information content (AvgIpc) is 2.57. The van der Waals surface area contributed by atoms with E-state index in [-0.39, 0.29) is 18.3 Å². The zero-order valence-electron chi connectivity index (χ0n) is 9.99. The standard InChI is InChI=1S/C10H17N3O2S.ClH/c1-7-9(8(2)15-13-7)5-16-6-10(14)12-4-3-11;/h3-6,11H2,1-2H3,(H,12,14);1H. The van der Waals surface area contributed by atoms with Crippen LogP contribution in [0.5, 0.6) is 0 Å². The molecule has 0 radical (unpaired) electrons. The van der Waals surface area contributed by atoms with Crippen molar-refractivity contribution < 1.29 is 9.32 Å². The number of carbonyl (C=O) groups is 1. The molecule has 0 aromatic carbocycles. The predicted molar refractivity (Wildman–Crippen MR) is 71.5 cm³/mol. The van der Waals surface area contributed by atoms with Gasteiger partial charge in [-0.3, -0.25) is 4.79 Å². The number of thioether (sulfide) groups is 1. The first-order valence-corrected chi connectivity index (χ1v) is 6.27. The third-order valence-electron chi connectivity index (χ3n) is 2.13. The van der Waals surface area contributed by atoms with Crippen molar-refractivity contribution >= 4 is 30.1 Å². The Morgan fingerprint density at radius 2 is 2.24 bits per heavy atom. The zero-order chi connectivity index (χ0) is 12.0. The molecule has 1 heterocycles. The Balaban J connectivity index is 0.00000256. The normalized spacial score (nSPS) is 9.82. The maximum atomic E-state index is 11.3. The first-order chi connectivity index (χ1) is 7.65. The molecule has 0 saturated heterocycles. The minimum absolute atomic E-state index is 0. The number of nitrogens with two attached hydrogens (primary N) is 1. The van der Waals surface area contributed by atoms with Crippen LogP contribution in [0, 0.1) is 13.8 Å². The molecule has 0 aliphatic rings. The second-order valence-corrected chi connectivity index (χ2v) is 4.42. The second kappa shape index (κ2) is 8.38. The van der Waals surface area contributed by atoms with Crippen molar-refractivity contribution in [2.24, 2.45) is 5.73 Å². The van der Waals surface area contributed by atoms with E-state index in [0.717, 1.165) is 22.8 Å². The summed E-state index contributed by atoms with van der Waals surface area (Å²) in [7, 11) is 0. The molecule has 0 atom stereocenters. The molecule has 0 unspecified atom stereocenters. The Morgan fingerprint density at radius 3 is 2.76 bits per heavy atom. The molecule has 7 heteroatoms. The SMILES string of the molecule is Cc1noc(C)c1CSCC(=O)NCCN.Cl. The van der Waals surface area contributed by atoms with E-state index in [9.17, 15) is 4.79 Å². The van der Waals surface area contributed by atoms with Crippen molar-refractivity contribution in [3.05, 3.63) is 17.0 Å². The highest BCUT2D eigenvalue weighted by Gasteiger charge is 2.09. The molecule has 0 saturated carbocycles. The average molecular weight is 280 g/mol. The van der Waals surface area contributed by atoms with Crippen molar-refractivity contribution in [2.75, 3.05) is 18.8 Å². The highest BCUT2D eigenvalue weighted by atomic mass is 35.5. The monoisotopic (exact) mass is 279 g/mol. The van der Waals surface area contributed by atoms with Gasteiger partial charge < -0.3 is 15.6 Å². The minimum atomic E-state index is 0. The smallest absolute Gasteiger partial charge is 0.230 e. The number of amides is 1. The Morgan fingerprint density at radius 1 is 1.53 bits per heavy atom. The molecule has 98 valence electrons. The molecule has 17 heavy (non-hydrogen) atoms. The summed E-state index contributed by atoms with van der Waals surface area (Å²) in [5.41, 5.74) is 7.26. The predicted octanol–water partition coefficient (Wildman–Crippen LogP) is 1.02. The number of hydrogen-bond donors (Lipinski definition) is 2. The summed E-state index contributed by atoms with van der Waals surface area (Å²) in [5, 5.41) is 6.58. The van der Waals surface area contributed by atoms with E-state index >= 15 is 0 Å². The van der Waals surface area contributed by atoms with Gasteiger partial charge in [0.2, 0.25) is 5.91 Å². The van der Waals surface area contributed by atoms with Gasteiger partial charge in [0, 0.05) is 24.4 Å². The van der Waals surface area contributed by atoms with E-state index in [2.05, 4.69) is 10.5 Å². The fourth-order valence-corrected chi connectivity index (χ4v) is 2.22. The number of carbonyl (C=O) groups excluding carboxylic acids is 1. The molecular formula is C10H18ClN3O2S. The van der Waals surface area contributed by atoms with Gasteiger partial charge in [0.15, 0.2) is 0 Å². The summed E-state index contributed by atoms with van der Waals surface area (Å²) < 4.78 is 5.04. The van der Waals surface area contributed by atoms with Crippen LogP contribution >= 0.6 is 24.2 Å². The lowest BCUT2D eigenvalue weighted by atomic mass is 10.2. The van der Waals surface area contributed by atoms with Gasteiger partial charge in [0.1, 0.15) is 5.76 Å². The fraction of sp³-hybridized carbons (Fsp3) is 0.600. The number of nitrogens with zero attached hydrogens (tertiary/aromatic N) is 1. The van der Waals surface area contributed by atoms with Gasteiger partial charge in [0.05, 0.1) is 11.4 Å². The summed E-state index contributed by atoms with van der Waals surface area (Å²) in [5.74, 6) is 2.02. The number of nitrogens with one attached hydrogen (secondary N) is 1. The van der Waals surface area contributed by atoms with Gasteiger partial charge in [-0.1, -0.05) is 5.16 Å². The van der Waals surface area contributed by atoms with Crippen LogP contribution in [0.1, 0.15) is 17.0 Å². The van der Waals surface area contributed by atoms with E-state index in [4.69, 9.17) is 10.3 Å². The maximum absolute atomic E-state index is 11.3. The number of hydrogen-bond acceptors (Lipinski definition) is 5. The summed E-state index contributed by atoms with van der Waals surface area (Å²) in [6.45, 7) is 4.79. The minimum Gasteiger partial charge on any atom is -0.361 e. The van der Waals surface area contributed by atoms with Gasteiger partial charge in [-0.15, -0.1) is 24.2 Å². The lowest BCUT2D eigenvalue weighted by Gasteiger charge is -2.03. The Labute approximate surface area is 111 Å². The molecular weight excluding hydrogens is 262 g/mol. The van der Waals surface area contributed by atoms with Gasteiger partial charge in [-0.25, -0.2) is 0 Å². The molecule has 0 fully saturated rings. The molecule has 1 amide bonds. The molecule has 5 nitrogen and oxygen atoms in total. The van der Waals surface area contributed by atoms with Crippen molar-refractivity contribution in [2.45, 2.75) is 19.6 Å². The number of aryl methyl sites for hydroxylation is 2. The summed E-state index contributed by atoms with van der Waals surface area (Å²) in [6, 6.07) is 0. The van der Waals surface area contributed by atoms with Crippen LogP contribution in [0.15, 0.2) is 4.52 Å². The third kappa shape index (κ3) is 5.43. The zero-order valence-corrected chi connectivity index (χ0v) is 11.6. The van der Waals surface area contributed by atoms with Gasteiger partial charge in [0.25, 0.3) is 0 Å². The van der Waals surface area contributed by atoms with E-state index in [0.29, 0.717) is 18.8 Å². The van der Waals surface area contributed by atoms with Crippen LogP contribution in [0.2, 0.25) is 0 Å². The molecule has 1 rings (SSSR count). The lowest BCUT2D eigenvalue weighted by molar-refractivity contribution is -0.118. The highest BCUT2D eigenvalue weighted by molar-refractivity contribution is 7.99. The van der Waals surface area contributed by atoms with Crippen LogP contribution < -0.4 is 11.1 Å². The van der Waals surface area contributed by atoms with Crippen LogP contribution in [-0.2, 0) is 10.5 Å². The largest absolute Gasteiger partial charge is 0.361 e. The Kier molecular flexibility index (Phi) is 8.03. The fourth-order valence-electron chi connectivity index (χ4n) is 1.22. The third-order valence-corrected chi connectivity index (χ3v) is 3.09. The summed E-state index contributed by atoms with van der Waals surface area (Å²) >= 11 is 1.54. The Bertz CT molecular complexity index is 338. The molecule has 1 aromatic rings. The van der Waals surface area contributed by atoms with Gasteiger partial charge in [-0.05, 0) is 13.8 Å². The van der Waals surface area contributed by atoms with Gasteiger partial charge >= 0.3 is 0 Å². The van der Waals surface area contributed by atoms with Crippen molar-refractivity contribution in [3.8, 4) is 0 Å². The highest BCUT2D eigenvalue weighted by Crippen LogP contribution is 2.18. The van der Waals surface area contributed by atoms with Crippen LogP contribution in [-0.4, -0.2) is 29.9 Å². The van der Waals surface area contributed by atoms with Crippen LogP contribution in [0.4, 0.5) is 0 Å². The molecule has 0 spiro atoms. The van der Waals surface area contributed by atoms with E-state index in [1.54, 1.807) is 11.8 Å². The maximum Gasteiger partial charge on any atom is 0.230 e.